The quantitative estimate of drug-likeness (QED) is 0.721. The Morgan fingerprint density at radius 1 is 1.28 bits per heavy atom. The maximum Gasteiger partial charge on any atom is 0.317 e. The largest absolute Gasteiger partial charge is 0.480 e. The van der Waals surface area contributed by atoms with E-state index in [1.165, 1.54) is 0 Å². The van der Waals surface area contributed by atoms with Crippen LogP contribution in [0, 0.1) is 17.6 Å². The molecule has 1 aromatic rings. The van der Waals surface area contributed by atoms with Gasteiger partial charge < -0.3 is 5.11 Å². The van der Waals surface area contributed by atoms with Crippen molar-refractivity contribution in [2.75, 3.05) is 13.1 Å². The molecule has 0 spiro atoms. The fraction of sp³-hybridized carbons (Fsp3) is 0.562. The van der Waals surface area contributed by atoms with E-state index in [0.717, 1.165) is 31.0 Å². The first-order chi connectivity index (χ1) is 11.8. The monoisotopic (exact) mass is 374 g/mol. The smallest absolute Gasteiger partial charge is 0.317 e. The molecule has 2 aliphatic carbocycles. The van der Waals surface area contributed by atoms with Crippen molar-refractivity contribution >= 4 is 16.0 Å². The molecule has 2 fully saturated rings. The lowest BCUT2D eigenvalue weighted by molar-refractivity contribution is -0.139. The molecule has 2 saturated carbocycles. The molecule has 1 aromatic carbocycles. The van der Waals surface area contributed by atoms with Crippen LogP contribution in [0.1, 0.15) is 25.7 Å². The average molecular weight is 374 g/mol. The van der Waals surface area contributed by atoms with Crippen LogP contribution in [-0.4, -0.2) is 49.6 Å². The van der Waals surface area contributed by atoms with Gasteiger partial charge in [0.25, 0.3) is 0 Å². The van der Waals surface area contributed by atoms with E-state index in [1.54, 1.807) is 0 Å². The van der Waals surface area contributed by atoms with Gasteiger partial charge >= 0.3 is 5.97 Å². The minimum absolute atomic E-state index is 0.0123. The first-order valence-electron chi connectivity index (χ1n) is 8.18. The number of benzene rings is 1. The van der Waals surface area contributed by atoms with Crippen LogP contribution >= 0.6 is 0 Å². The van der Waals surface area contributed by atoms with Crippen LogP contribution in [0.25, 0.3) is 0 Å². The third kappa shape index (κ3) is 4.34. The van der Waals surface area contributed by atoms with Crippen LogP contribution in [-0.2, 0) is 14.8 Å². The highest BCUT2D eigenvalue weighted by molar-refractivity contribution is 7.89. The summed E-state index contributed by atoms with van der Waals surface area (Å²) in [6, 6.07) is 2.59. The van der Waals surface area contributed by atoms with Crippen LogP contribution in [0.5, 0.6) is 0 Å². The number of nitrogens with one attached hydrogen (secondary N) is 1. The molecule has 0 aliphatic heterocycles. The Labute approximate surface area is 144 Å². The number of nitrogens with zero attached hydrogens (tertiary/aromatic N) is 1. The van der Waals surface area contributed by atoms with Gasteiger partial charge in [0.1, 0.15) is 4.90 Å². The Bertz CT molecular complexity index is 761. The van der Waals surface area contributed by atoms with Crippen LogP contribution < -0.4 is 4.72 Å². The first-order valence-corrected chi connectivity index (χ1v) is 9.67. The predicted octanol–water partition coefficient (Wildman–Crippen LogP) is 1.57. The molecule has 2 N–H and O–H groups in total. The molecule has 3 rings (SSSR count). The molecule has 0 saturated heterocycles. The van der Waals surface area contributed by atoms with E-state index in [2.05, 4.69) is 4.72 Å². The van der Waals surface area contributed by atoms with Gasteiger partial charge in [0.15, 0.2) is 11.6 Å². The zero-order valence-corrected chi connectivity index (χ0v) is 14.3. The fourth-order valence-corrected chi connectivity index (χ4v) is 4.45. The van der Waals surface area contributed by atoms with Gasteiger partial charge in [-0.15, -0.1) is 0 Å². The van der Waals surface area contributed by atoms with Gasteiger partial charge in [0.05, 0.1) is 6.54 Å². The zero-order chi connectivity index (χ0) is 18.2. The van der Waals surface area contributed by atoms with Gasteiger partial charge in [-0.1, -0.05) is 6.07 Å². The molecule has 25 heavy (non-hydrogen) atoms. The number of rotatable bonds is 8. The molecule has 0 amide bonds. The minimum atomic E-state index is -4.16. The number of carboxylic acid groups (broad SMARTS) is 1. The second kappa shape index (κ2) is 6.97. The lowest BCUT2D eigenvalue weighted by Crippen LogP contribution is -2.55. The molecule has 0 atom stereocenters. The van der Waals surface area contributed by atoms with Crippen molar-refractivity contribution in [1.29, 1.82) is 0 Å². The number of hydrogen-bond donors (Lipinski definition) is 2. The first kappa shape index (κ1) is 18.2. The van der Waals surface area contributed by atoms with E-state index in [9.17, 15) is 22.0 Å². The van der Waals surface area contributed by atoms with Crippen LogP contribution in [0.2, 0.25) is 0 Å². The summed E-state index contributed by atoms with van der Waals surface area (Å²) < 4.78 is 53.8. The molecule has 138 valence electrons. The number of carbonyl (C=O) groups is 1. The van der Waals surface area contributed by atoms with Crippen molar-refractivity contribution in [1.82, 2.24) is 9.62 Å². The second-order valence-corrected chi connectivity index (χ2v) is 8.44. The Morgan fingerprint density at radius 3 is 2.56 bits per heavy atom. The molecule has 0 bridgehead atoms. The molecule has 0 aromatic heterocycles. The SMILES string of the molecule is O=C(O)CN(CC1CC1)C1CC(NS(=O)(=O)c2cccc(F)c2F)C1. The van der Waals surface area contributed by atoms with E-state index in [1.807, 2.05) is 4.90 Å². The predicted molar refractivity (Wildman–Crippen MR) is 85.4 cm³/mol. The maximum absolute atomic E-state index is 13.7. The van der Waals surface area contributed by atoms with Crippen molar-refractivity contribution in [2.45, 2.75) is 42.7 Å². The van der Waals surface area contributed by atoms with E-state index in [4.69, 9.17) is 5.11 Å². The Hall–Kier alpha value is -1.58. The molecular formula is C16H20F2N2O4S. The van der Waals surface area contributed by atoms with Gasteiger partial charge in [0.2, 0.25) is 10.0 Å². The van der Waals surface area contributed by atoms with Gasteiger partial charge in [-0.05, 0) is 43.7 Å². The lowest BCUT2D eigenvalue weighted by atomic mass is 9.86. The van der Waals surface area contributed by atoms with Gasteiger partial charge in [-0.3, -0.25) is 9.69 Å². The normalized spacial score (nSPS) is 23.5. The summed E-state index contributed by atoms with van der Waals surface area (Å²) in [5, 5.41) is 9.01. The molecule has 2 aliphatic rings. The van der Waals surface area contributed by atoms with Crippen molar-refractivity contribution in [2.24, 2.45) is 5.92 Å². The van der Waals surface area contributed by atoms with Crippen LogP contribution in [0.15, 0.2) is 23.1 Å². The highest BCUT2D eigenvalue weighted by Gasteiger charge is 2.39. The molecule has 0 heterocycles. The molecule has 9 heteroatoms. The summed E-state index contributed by atoms with van der Waals surface area (Å²) in [7, 11) is -4.16. The molecule has 6 nitrogen and oxygen atoms in total. The summed E-state index contributed by atoms with van der Waals surface area (Å²) >= 11 is 0. The number of carboxylic acids is 1. The summed E-state index contributed by atoms with van der Waals surface area (Å²) in [4.78, 5) is 12.1. The summed E-state index contributed by atoms with van der Waals surface area (Å²) in [5.74, 6) is -3.00. The molecule has 0 unspecified atom stereocenters. The number of halogens is 2. The average Bonchev–Trinajstić information content (AvgIpc) is 3.28. The standard InChI is InChI=1S/C16H20F2N2O4S/c17-13-2-1-3-14(16(13)18)25(23,24)19-11-6-12(7-11)20(9-15(21)22)8-10-4-5-10/h1-3,10-12,19H,4-9H2,(H,21,22). The third-order valence-corrected chi connectivity index (χ3v) is 6.22. The number of hydrogen-bond acceptors (Lipinski definition) is 4. The zero-order valence-electron chi connectivity index (χ0n) is 13.5. The van der Waals surface area contributed by atoms with E-state index in [-0.39, 0.29) is 12.6 Å². The van der Waals surface area contributed by atoms with Crippen molar-refractivity contribution in [3.63, 3.8) is 0 Å². The van der Waals surface area contributed by atoms with Crippen molar-refractivity contribution in [3.8, 4) is 0 Å². The number of sulfonamides is 1. The Morgan fingerprint density at radius 2 is 1.96 bits per heavy atom. The fourth-order valence-electron chi connectivity index (χ4n) is 3.11. The summed E-state index contributed by atoms with van der Waals surface area (Å²) in [6.45, 7) is 0.633. The van der Waals surface area contributed by atoms with Crippen LogP contribution in [0.4, 0.5) is 8.78 Å². The Kier molecular flexibility index (Phi) is 5.08. The second-order valence-electron chi connectivity index (χ2n) is 6.76. The van der Waals surface area contributed by atoms with Gasteiger partial charge in [0, 0.05) is 18.6 Å². The summed E-state index contributed by atoms with van der Waals surface area (Å²) in [5.41, 5.74) is 0. The highest BCUT2D eigenvalue weighted by atomic mass is 32.2. The summed E-state index contributed by atoms with van der Waals surface area (Å²) in [6.07, 6.45) is 3.10. The lowest BCUT2D eigenvalue weighted by Gasteiger charge is -2.42. The van der Waals surface area contributed by atoms with E-state index >= 15 is 0 Å². The van der Waals surface area contributed by atoms with Crippen molar-refractivity contribution < 1.29 is 27.1 Å². The van der Waals surface area contributed by atoms with Crippen LogP contribution in [0.3, 0.4) is 0 Å². The van der Waals surface area contributed by atoms with Gasteiger partial charge in [-0.25, -0.2) is 21.9 Å². The van der Waals surface area contributed by atoms with E-state index in [0.29, 0.717) is 25.3 Å². The number of aliphatic carboxylic acids is 1. The highest BCUT2D eigenvalue weighted by Crippen LogP contribution is 2.34. The molecular weight excluding hydrogens is 354 g/mol. The topological polar surface area (TPSA) is 86.7 Å². The molecule has 0 radical (unpaired) electrons. The minimum Gasteiger partial charge on any atom is -0.480 e. The van der Waals surface area contributed by atoms with Crippen molar-refractivity contribution in [3.05, 3.63) is 29.8 Å². The maximum atomic E-state index is 13.7. The Balaban J connectivity index is 1.60. The van der Waals surface area contributed by atoms with Gasteiger partial charge in [-0.2, -0.15) is 0 Å². The third-order valence-electron chi connectivity index (χ3n) is 4.69. The van der Waals surface area contributed by atoms with E-state index < -0.39 is 38.6 Å².